The highest BCUT2D eigenvalue weighted by molar-refractivity contribution is 14.0. The molecule has 7 heteroatoms. The molecule has 2 saturated heterocycles. The van der Waals surface area contributed by atoms with Gasteiger partial charge in [0.15, 0.2) is 5.96 Å². The largest absolute Gasteiger partial charge is 0.490 e. The molecule has 3 heterocycles. The minimum absolute atomic E-state index is 0. The molecule has 0 saturated carbocycles. The molecule has 164 valence electrons. The van der Waals surface area contributed by atoms with E-state index in [-0.39, 0.29) is 30.1 Å². The molecule has 1 aromatic heterocycles. The van der Waals surface area contributed by atoms with E-state index in [0.29, 0.717) is 5.92 Å². The van der Waals surface area contributed by atoms with Crippen LogP contribution in [0.5, 0.6) is 5.75 Å². The van der Waals surface area contributed by atoms with Crippen molar-refractivity contribution in [1.82, 2.24) is 10.2 Å². The lowest BCUT2D eigenvalue weighted by Gasteiger charge is -2.34. The Morgan fingerprint density at radius 2 is 1.93 bits per heavy atom. The molecule has 6 nitrogen and oxygen atoms in total. The molecule has 2 aromatic rings. The number of rotatable bonds is 7. The van der Waals surface area contributed by atoms with Crippen LogP contribution in [0, 0.1) is 5.92 Å². The fraction of sp³-hybridized carbons (Fsp3) is 0.522. The number of nitrogens with zero attached hydrogens (tertiary/aromatic N) is 2. The molecule has 0 bridgehead atoms. The van der Waals surface area contributed by atoms with Crippen LogP contribution in [0.1, 0.15) is 25.0 Å². The predicted octanol–water partition coefficient (Wildman–Crippen LogP) is 3.97. The first kappa shape index (κ1) is 22.9. The smallest absolute Gasteiger partial charge is 0.193 e. The highest BCUT2D eigenvalue weighted by Crippen LogP contribution is 2.19. The van der Waals surface area contributed by atoms with Crippen LogP contribution in [-0.4, -0.2) is 56.4 Å². The summed E-state index contributed by atoms with van der Waals surface area (Å²) in [4.78, 5) is 7.30. The van der Waals surface area contributed by atoms with E-state index in [1.807, 2.05) is 42.5 Å². The van der Waals surface area contributed by atoms with Gasteiger partial charge >= 0.3 is 0 Å². The van der Waals surface area contributed by atoms with Crippen LogP contribution in [-0.2, 0) is 11.2 Å². The first-order valence-corrected chi connectivity index (χ1v) is 10.7. The molecule has 1 N–H and O–H groups in total. The maximum Gasteiger partial charge on any atom is 0.193 e. The second kappa shape index (κ2) is 12.2. The fourth-order valence-electron chi connectivity index (χ4n) is 3.84. The maximum atomic E-state index is 6.14. The van der Waals surface area contributed by atoms with Crippen molar-refractivity contribution in [3.8, 4) is 5.75 Å². The van der Waals surface area contributed by atoms with Crippen molar-refractivity contribution in [1.29, 1.82) is 0 Å². The second-order valence-electron chi connectivity index (χ2n) is 7.77. The Hall–Kier alpha value is -1.74. The molecule has 1 atom stereocenters. The summed E-state index contributed by atoms with van der Waals surface area (Å²) in [6.07, 6.45) is 5.95. The van der Waals surface area contributed by atoms with E-state index in [1.54, 1.807) is 6.26 Å². The van der Waals surface area contributed by atoms with Gasteiger partial charge in [-0.25, -0.2) is 0 Å². The first-order chi connectivity index (χ1) is 14.4. The van der Waals surface area contributed by atoms with Gasteiger partial charge in [-0.05, 0) is 30.7 Å². The van der Waals surface area contributed by atoms with Gasteiger partial charge in [0, 0.05) is 58.0 Å². The Kier molecular flexibility index (Phi) is 9.32. The number of hydrogen-bond acceptors (Lipinski definition) is 4. The molecule has 0 amide bonds. The number of hydrogen-bond donors (Lipinski definition) is 1. The van der Waals surface area contributed by atoms with Crippen molar-refractivity contribution in [3.63, 3.8) is 0 Å². The lowest BCUT2D eigenvalue weighted by Crippen LogP contribution is -2.48. The maximum absolute atomic E-state index is 6.14. The number of aliphatic imine (C=N–C) groups is 1. The third kappa shape index (κ3) is 6.91. The molecule has 0 spiro atoms. The number of furan rings is 1. The van der Waals surface area contributed by atoms with Crippen molar-refractivity contribution in [2.24, 2.45) is 10.9 Å². The number of guanidine groups is 1. The van der Waals surface area contributed by atoms with Crippen LogP contribution in [0.4, 0.5) is 0 Å². The van der Waals surface area contributed by atoms with Crippen molar-refractivity contribution < 1.29 is 13.9 Å². The number of halogens is 1. The van der Waals surface area contributed by atoms with Crippen LogP contribution in [0.2, 0.25) is 0 Å². The van der Waals surface area contributed by atoms with Gasteiger partial charge in [-0.1, -0.05) is 18.2 Å². The van der Waals surface area contributed by atoms with E-state index in [1.165, 1.54) is 0 Å². The van der Waals surface area contributed by atoms with Gasteiger partial charge in [0.1, 0.15) is 17.6 Å². The molecular formula is C23H32IN3O3. The standard InChI is InChI=1S/C23H31N3O3.HI/c1-2-5-21(6-3-1)29-22-9-13-26(14-10-22)23(25-17-19-11-16-27-18-19)24-12-8-20-7-4-15-28-20;/h1-7,15,19,22H,8-14,16-18H2,(H,24,25);1H. The molecular weight excluding hydrogens is 493 g/mol. The second-order valence-corrected chi connectivity index (χ2v) is 7.77. The minimum atomic E-state index is 0. The minimum Gasteiger partial charge on any atom is -0.490 e. The van der Waals surface area contributed by atoms with E-state index in [4.69, 9.17) is 18.9 Å². The summed E-state index contributed by atoms with van der Waals surface area (Å²) in [5, 5.41) is 3.55. The SMILES string of the molecule is I.c1ccc(OC2CCN(C(=NCC3CCOC3)NCCc3ccco3)CC2)cc1. The molecule has 2 aliphatic rings. The third-order valence-corrected chi connectivity index (χ3v) is 5.55. The summed E-state index contributed by atoms with van der Waals surface area (Å²) in [7, 11) is 0. The van der Waals surface area contributed by atoms with Crippen molar-refractivity contribution in [2.45, 2.75) is 31.8 Å². The van der Waals surface area contributed by atoms with Gasteiger partial charge in [0.2, 0.25) is 0 Å². The Morgan fingerprint density at radius 1 is 1.10 bits per heavy atom. The van der Waals surface area contributed by atoms with Crippen LogP contribution < -0.4 is 10.1 Å². The number of nitrogens with one attached hydrogen (secondary N) is 1. The zero-order valence-electron chi connectivity index (χ0n) is 17.4. The summed E-state index contributed by atoms with van der Waals surface area (Å²) in [6, 6.07) is 14.1. The third-order valence-electron chi connectivity index (χ3n) is 5.55. The quantitative estimate of drug-likeness (QED) is 0.337. The Balaban J connectivity index is 0.00000256. The number of ether oxygens (including phenoxy) is 2. The average Bonchev–Trinajstić information content (AvgIpc) is 3.46. The fourth-order valence-corrected chi connectivity index (χ4v) is 3.84. The lowest BCUT2D eigenvalue weighted by molar-refractivity contribution is 0.129. The summed E-state index contributed by atoms with van der Waals surface area (Å²) in [6.45, 7) is 5.23. The Morgan fingerprint density at radius 3 is 2.63 bits per heavy atom. The van der Waals surface area contributed by atoms with E-state index in [9.17, 15) is 0 Å². The lowest BCUT2D eigenvalue weighted by atomic mass is 10.1. The molecule has 2 aliphatic heterocycles. The summed E-state index contributed by atoms with van der Waals surface area (Å²) >= 11 is 0. The van der Waals surface area contributed by atoms with Crippen molar-refractivity contribution >= 4 is 29.9 Å². The molecule has 2 fully saturated rings. The predicted molar refractivity (Wildman–Crippen MR) is 129 cm³/mol. The van der Waals surface area contributed by atoms with Crippen molar-refractivity contribution in [2.75, 3.05) is 39.4 Å². The zero-order chi connectivity index (χ0) is 19.7. The summed E-state index contributed by atoms with van der Waals surface area (Å²) in [5.41, 5.74) is 0. The topological polar surface area (TPSA) is 59.2 Å². The number of para-hydroxylation sites is 1. The van der Waals surface area contributed by atoms with E-state index in [2.05, 4.69) is 10.2 Å². The molecule has 0 radical (unpaired) electrons. The van der Waals surface area contributed by atoms with E-state index < -0.39 is 0 Å². The van der Waals surface area contributed by atoms with Crippen molar-refractivity contribution in [3.05, 3.63) is 54.5 Å². The highest BCUT2D eigenvalue weighted by atomic mass is 127. The zero-order valence-corrected chi connectivity index (χ0v) is 19.7. The highest BCUT2D eigenvalue weighted by Gasteiger charge is 2.23. The van der Waals surface area contributed by atoms with Gasteiger partial charge in [0.05, 0.1) is 12.9 Å². The van der Waals surface area contributed by atoms with Gasteiger partial charge in [-0.15, -0.1) is 24.0 Å². The number of piperidine rings is 1. The Bertz CT molecular complexity index is 740. The summed E-state index contributed by atoms with van der Waals surface area (Å²) < 4.78 is 17.1. The van der Waals surface area contributed by atoms with E-state index >= 15 is 0 Å². The molecule has 1 unspecified atom stereocenters. The van der Waals surface area contributed by atoms with Crippen LogP contribution >= 0.6 is 24.0 Å². The van der Waals surface area contributed by atoms with E-state index in [0.717, 1.165) is 82.5 Å². The van der Waals surface area contributed by atoms with Crippen LogP contribution in [0.25, 0.3) is 0 Å². The monoisotopic (exact) mass is 525 g/mol. The molecule has 0 aliphatic carbocycles. The first-order valence-electron chi connectivity index (χ1n) is 10.7. The number of likely N-dealkylation sites (tertiary alicyclic amines) is 1. The molecule has 30 heavy (non-hydrogen) atoms. The van der Waals surface area contributed by atoms with Gasteiger partial charge in [-0.3, -0.25) is 4.99 Å². The number of benzene rings is 1. The van der Waals surface area contributed by atoms with Gasteiger partial charge < -0.3 is 24.1 Å². The normalized spacial score (nSPS) is 20.1. The average molecular weight is 525 g/mol. The molecule has 1 aromatic carbocycles. The van der Waals surface area contributed by atoms with Gasteiger partial charge in [0.25, 0.3) is 0 Å². The van der Waals surface area contributed by atoms with Crippen LogP contribution in [0.3, 0.4) is 0 Å². The summed E-state index contributed by atoms with van der Waals surface area (Å²) in [5.74, 6) is 3.49. The Labute approximate surface area is 196 Å². The molecule has 4 rings (SSSR count). The van der Waals surface area contributed by atoms with Gasteiger partial charge in [-0.2, -0.15) is 0 Å². The van der Waals surface area contributed by atoms with Crippen LogP contribution in [0.15, 0.2) is 58.1 Å².